The molecule has 1 heterocycles. The second kappa shape index (κ2) is 7.09. The average molecular weight is 361 g/mol. The summed E-state index contributed by atoms with van der Waals surface area (Å²) in [4.78, 5) is 9.08. The lowest BCUT2D eigenvalue weighted by Gasteiger charge is -2.23. The van der Waals surface area contributed by atoms with E-state index in [2.05, 4.69) is 36.5 Å². The fourth-order valence-corrected chi connectivity index (χ4v) is 3.25. The second-order valence-corrected chi connectivity index (χ2v) is 6.75. The molecule has 4 nitrogen and oxygen atoms in total. The maximum Gasteiger partial charge on any atom is 0.229 e. The second-order valence-electron chi connectivity index (χ2n) is 5.83. The fourth-order valence-electron chi connectivity index (χ4n) is 2.85. The first-order valence-corrected chi connectivity index (χ1v) is 8.63. The van der Waals surface area contributed by atoms with Crippen molar-refractivity contribution in [2.24, 2.45) is 0 Å². The Bertz CT molecular complexity index is 638. The van der Waals surface area contributed by atoms with E-state index in [0.717, 1.165) is 21.7 Å². The lowest BCUT2D eigenvalue weighted by atomic mass is 9.95. The summed E-state index contributed by atoms with van der Waals surface area (Å²) >= 11 is 3.48. The van der Waals surface area contributed by atoms with E-state index in [9.17, 15) is 0 Å². The Hall–Kier alpha value is -1.62. The normalized spacial score (nSPS) is 15.5. The van der Waals surface area contributed by atoms with Crippen LogP contribution in [0.4, 0.5) is 17.5 Å². The van der Waals surface area contributed by atoms with Gasteiger partial charge in [-0.2, -0.15) is 4.98 Å². The summed E-state index contributed by atoms with van der Waals surface area (Å²) in [5.41, 5.74) is 1.94. The Morgan fingerprint density at radius 1 is 1.09 bits per heavy atom. The van der Waals surface area contributed by atoms with Gasteiger partial charge in [0.1, 0.15) is 5.82 Å². The third-order valence-electron chi connectivity index (χ3n) is 3.89. The summed E-state index contributed by atoms with van der Waals surface area (Å²) in [5, 5.41) is 6.83. The predicted molar refractivity (Wildman–Crippen MR) is 94.7 cm³/mol. The van der Waals surface area contributed by atoms with E-state index in [-0.39, 0.29) is 0 Å². The first-order chi connectivity index (χ1) is 10.7. The minimum absolute atomic E-state index is 0.543. The van der Waals surface area contributed by atoms with Gasteiger partial charge >= 0.3 is 0 Å². The first kappa shape index (κ1) is 15.3. The van der Waals surface area contributed by atoms with Gasteiger partial charge in [-0.15, -0.1) is 0 Å². The maximum atomic E-state index is 4.60. The van der Waals surface area contributed by atoms with Gasteiger partial charge in [0.05, 0.1) is 0 Å². The van der Waals surface area contributed by atoms with E-state index in [1.807, 2.05) is 37.3 Å². The smallest absolute Gasteiger partial charge is 0.229 e. The standard InChI is InChI=1S/C17H21BrN4/c1-12-10-16(20-14-7-3-2-4-8-14)22-17(19-12)21-15-9-5-6-13(18)11-15/h5-6,9-11,14H,2-4,7-8H2,1H3,(H2,19,20,21,22). The van der Waals surface area contributed by atoms with Crippen LogP contribution in [-0.2, 0) is 0 Å². The largest absolute Gasteiger partial charge is 0.367 e. The van der Waals surface area contributed by atoms with Gasteiger partial charge in [-0.3, -0.25) is 0 Å². The number of hydrogen-bond donors (Lipinski definition) is 2. The third kappa shape index (κ3) is 4.19. The van der Waals surface area contributed by atoms with E-state index in [0.29, 0.717) is 12.0 Å². The number of nitrogens with zero attached hydrogens (tertiary/aromatic N) is 2. The first-order valence-electron chi connectivity index (χ1n) is 7.84. The van der Waals surface area contributed by atoms with E-state index >= 15 is 0 Å². The molecule has 0 radical (unpaired) electrons. The number of benzene rings is 1. The van der Waals surface area contributed by atoms with Crippen LogP contribution in [0.1, 0.15) is 37.8 Å². The van der Waals surface area contributed by atoms with Gasteiger partial charge in [0.2, 0.25) is 5.95 Å². The van der Waals surface area contributed by atoms with Crippen LogP contribution in [0.5, 0.6) is 0 Å². The van der Waals surface area contributed by atoms with Gasteiger partial charge in [-0.25, -0.2) is 4.98 Å². The highest BCUT2D eigenvalue weighted by molar-refractivity contribution is 9.10. The molecule has 0 aliphatic heterocycles. The molecule has 0 spiro atoms. The monoisotopic (exact) mass is 360 g/mol. The van der Waals surface area contributed by atoms with E-state index < -0.39 is 0 Å². The number of aromatic nitrogens is 2. The molecule has 2 N–H and O–H groups in total. The summed E-state index contributed by atoms with van der Waals surface area (Å²) < 4.78 is 1.03. The zero-order chi connectivity index (χ0) is 15.4. The van der Waals surface area contributed by atoms with Crippen molar-refractivity contribution in [2.75, 3.05) is 10.6 Å². The molecular weight excluding hydrogens is 340 g/mol. The molecule has 2 aromatic rings. The average Bonchev–Trinajstić information content (AvgIpc) is 2.47. The lowest BCUT2D eigenvalue weighted by molar-refractivity contribution is 0.462. The number of nitrogens with one attached hydrogen (secondary N) is 2. The van der Waals surface area contributed by atoms with Crippen molar-refractivity contribution in [3.63, 3.8) is 0 Å². The zero-order valence-corrected chi connectivity index (χ0v) is 14.4. The van der Waals surface area contributed by atoms with Crippen molar-refractivity contribution in [3.8, 4) is 0 Å². The minimum atomic E-state index is 0.543. The molecule has 1 aliphatic carbocycles. The van der Waals surface area contributed by atoms with Gasteiger partial charge in [0.25, 0.3) is 0 Å². The molecule has 5 heteroatoms. The van der Waals surface area contributed by atoms with Crippen LogP contribution in [0, 0.1) is 6.92 Å². The highest BCUT2D eigenvalue weighted by atomic mass is 79.9. The molecule has 1 aliphatic rings. The quantitative estimate of drug-likeness (QED) is 0.801. The van der Waals surface area contributed by atoms with Gasteiger partial charge in [0.15, 0.2) is 0 Å². The Morgan fingerprint density at radius 3 is 2.68 bits per heavy atom. The summed E-state index contributed by atoms with van der Waals surface area (Å²) in [5.74, 6) is 1.55. The van der Waals surface area contributed by atoms with Crippen LogP contribution in [0.3, 0.4) is 0 Å². The molecule has 116 valence electrons. The van der Waals surface area contributed by atoms with Crippen LogP contribution in [-0.4, -0.2) is 16.0 Å². The molecular formula is C17H21BrN4. The van der Waals surface area contributed by atoms with Crippen molar-refractivity contribution in [1.82, 2.24) is 9.97 Å². The molecule has 1 saturated carbocycles. The Labute approximate surface area is 139 Å². The van der Waals surface area contributed by atoms with Crippen molar-refractivity contribution in [2.45, 2.75) is 45.1 Å². The van der Waals surface area contributed by atoms with Crippen LogP contribution >= 0.6 is 15.9 Å². The lowest BCUT2D eigenvalue weighted by Crippen LogP contribution is -2.23. The summed E-state index contributed by atoms with van der Waals surface area (Å²) in [6.45, 7) is 2.00. The molecule has 0 saturated heterocycles. The van der Waals surface area contributed by atoms with Gasteiger partial charge in [-0.1, -0.05) is 41.3 Å². The number of hydrogen-bond acceptors (Lipinski definition) is 4. The molecule has 0 amide bonds. The molecule has 1 aromatic carbocycles. The maximum absolute atomic E-state index is 4.60. The SMILES string of the molecule is Cc1cc(NC2CCCCC2)nc(Nc2cccc(Br)c2)n1. The number of anilines is 3. The molecule has 22 heavy (non-hydrogen) atoms. The van der Waals surface area contributed by atoms with Crippen LogP contribution in [0.25, 0.3) is 0 Å². The third-order valence-corrected chi connectivity index (χ3v) is 4.39. The molecule has 0 bridgehead atoms. The predicted octanol–water partition coefficient (Wildman–Crippen LogP) is 5.04. The highest BCUT2D eigenvalue weighted by Gasteiger charge is 2.14. The Kier molecular flexibility index (Phi) is 4.93. The van der Waals surface area contributed by atoms with Gasteiger partial charge in [0, 0.05) is 28.0 Å². The summed E-state index contributed by atoms with van der Waals surface area (Å²) in [7, 11) is 0. The van der Waals surface area contributed by atoms with Gasteiger partial charge < -0.3 is 10.6 Å². The Morgan fingerprint density at radius 2 is 1.91 bits per heavy atom. The highest BCUT2D eigenvalue weighted by Crippen LogP contribution is 2.23. The van der Waals surface area contributed by atoms with Crippen molar-refractivity contribution >= 4 is 33.4 Å². The van der Waals surface area contributed by atoms with Crippen LogP contribution in [0.2, 0.25) is 0 Å². The number of aryl methyl sites for hydroxylation is 1. The minimum Gasteiger partial charge on any atom is -0.367 e. The van der Waals surface area contributed by atoms with Crippen molar-refractivity contribution < 1.29 is 0 Å². The molecule has 0 unspecified atom stereocenters. The van der Waals surface area contributed by atoms with Crippen LogP contribution < -0.4 is 10.6 Å². The molecule has 1 fully saturated rings. The number of halogens is 1. The number of rotatable bonds is 4. The molecule has 1 aromatic heterocycles. The molecule has 3 rings (SSSR count). The Balaban J connectivity index is 1.74. The van der Waals surface area contributed by atoms with Gasteiger partial charge in [-0.05, 0) is 38.0 Å². The van der Waals surface area contributed by atoms with E-state index in [1.165, 1.54) is 32.1 Å². The molecule has 0 atom stereocenters. The zero-order valence-electron chi connectivity index (χ0n) is 12.8. The van der Waals surface area contributed by atoms with Crippen LogP contribution in [0.15, 0.2) is 34.8 Å². The topological polar surface area (TPSA) is 49.8 Å². The van der Waals surface area contributed by atoms with E-state index in [1.54, 1.807) is 0 Å². The summed E-state index contributed by atoms with van der Waals surface area (Å²) in [6.07, 6.45) is 6.45. The van der Waals surface area contributed by atoms with E-state index in [4.69, 9.17) is 0 Å². The summed E-state index contributed by atoms with van der Waals surface area (Å²) in [6, 6.07) is 10.6. The fraction of sp³-hybridized carbons (Fsp3) is 0.412. The van der Waals surface area contributed by atoms with Crippen molar-refractivity contribution in [3.05, 3.63) is 40.5 Å². The van der Waals surface area contributed by atoms with Crippen molar-refractivity contribution in [1.29, 1.82) is 0 Å².